The minimum atomic E-state index is -0.217. The second-order valence-corrected chi connectivity index (χ2v) is 5.35. The largest absolute Gasteiger partial charge is 0.481 e. The lowest BCUT2D eigenvalue weighted by Gasteiger charge is -2.22. The second-order valence-electron chi connectivity index (χ2n) is 5.35. The van der Waals surface area contributed by atoms with Crippen molar-refractivity contribution in [2.75, 3.05) is 18.6 Å². The van der Waals surface area contributed by atoms with Crippen molar-refractivity contribution in [3.63, 3.8) is 0 Å². The summed E-state index contributed by atoms with van der Waals surface area (Å²) < 4.78 is 18.2. The van der Waals surface area contributed by atoms with Crippen molar-refractivity contribution in [2.45, 2.75) is 19.4 Å². The third-order valence-corrected chi connectivity index (χ3v) is 3.57. The van der Waals surface area contributed by atoms with Gasteiger partial charge in [0.2, 0.25) is 11.8 Å². The zero-order valence-corrected chi connectivity index (χ0v) is 12.0. The van der Waals surface area contributed by atoms with Crippen molar-refractivity contribution in [1.82, 2.24) is 9.97 Å². The number of hydrogen-bond donors (Lipinski definition) is 0. The Bertz CT molecular complexity index is 599. The van der Waals surface area contributed by atoms with Gasteiger partial charge in [-0.25, -0.2) is 9.37 Å². The molecule has 0 amide bonds. The van der Waals surface area contributed by atoms with Gasteiger partial charge in [-0.1, -0.05) is 12.1 Å². The van der Waals surface area contributed by atoms with Gasteiger partial charge in [-0.15, -0.1) is 0 Å². The topological polar surface area (TPSA) is 38.2 Å². The number of hydrogen-bond acceptors (Lipinski definition) is 4. The van der Waals surface area contributed by atoms with E-state index < -0.39 is 0 Å². The second kappa shape index (κ2) is 6.08. The SMILES string of the molecule is COc1ccnc(N(Cc2ccc(F)cc2)CC2CC2)n1. The van der Waals surface area contributed by atoms with Crippen LogP contribution >= 0.6 is 0 Å². The molecular formula is C16H18FN3O. The lowest BCUT2D eigenvalue weighted by molar-refractivity contribution is 0.396. The van der Waals surface area contributed by atoms with Crippen LogP contribution in [0.5, 0.6) is 5.88 Å². The van der Waals surface area contributed by atoms with Crippen LogP contribution in [0.2, 0.25) is 0 Å². The maximum absolute atomic E-state index is 13.0. The molecule has 0 N–H and O–H groups in total. The standard InChI is InChI=1S/C16H18FN3O/c1-21-15-8-9-18-16(19-15)20(10-12-2-3-12)11-13-4-6-14(17)7-5-13/h4-9,12H,2-3,10-11H2,1H3. The number of methoxy groups -OCH3 is 1. The van der Waals surface area contributed by atoms with E-state index in [1.165, 1.54) is 25.0 Å². The van der Waals surface area contributed by atoms with Gasteiger partial charge >= 0.3 is 0 Å². The zero-order chi connectivity index (χ0) is 14.7. The Morgan fingerprint density at radius 3 is 2.67 bits per heavy atom. The quantitative estimate of drug-likeness (QED) is 0.818. The van der Waals surface area contributed by atoms with E-state index >= 15 is 0 Å². The van der Waals surface area contributed by atoms with Crippen molar-refractivity contribution in [3.8, 4) is 5.88 Å². The van der Waals surface area contributed by atoms with Crippen LogP contribution < -0.4 is 9.64 Å². The Hall–Kier alpha value is -2.17. The predicted octanol–water partition coefficient (Wildman–Crippen LogP) is 3.04. The fourth-order valence-electron chi connectivity index (χ4n) is 2.24. The van der Waals surface area contributed by atoms with Gasteiger partial charge in [0.15, 0.2) is 0 Å². The van der Waals surface area contributed by atoms with E-state index in [-0.39, 0.29) is 5.82 Å². The molecule has 2 aromatic rings. The first kappa shape index (κ1) is 13.8. The van der Waals surface area contributed by atoms with Crippen molar-refractivity contribution in [1.29, 1.82) is 0 Å². The maximum atomic E-state index is 13.0. The molecule has 0 aliphatic heterocycles. The van der Waals surface area contributed by atoms with E-state index in [0.29, 0.717) is 24.3 Å². The number of nitrogens with zero attached hydrogens (tertiary/aromatic N) is 3. The molecule has 1 saturated carbocycles. The summed E-state index contributed by atoms with van der Waals surface area (Å²) in [5.41, 5.74) is 1.04. The van der Waals surface area contributed by atoms with Gasteiger partial charge in [-0.3, -0.25) is 0 Å². The molecule has 0 atom stereocenters. The van der Waals surface area contributed by atoms with Crippen molar-refractivity contribution < 1.29 is 9.13 Å². The normalized spacial score (nSPS) is 14.0. The minimum Gasteiger partial charge on any atom is -0.481 e. The van der Waals surface area contributed by atoms with Crippen LogP contribution in [-0.2, 0) is 6.54 Å². The van der Waals surface area contributed by atoms with Gasteiger partial charge in [-0.05, 0) is 36.5 Å². The Kier molecular flexibility index (Phi) is 3.99. The molecule has 0 spiro atoms. The summed E-state index contributed by atoms with van der Waals surface area (Å²) >= 11 is 0. The fraction of sp³-hybridized carbons (Fsp3) is 0.375. The van der Waals surface area contributed by atoms with E-state index in [2.05, 4.69) is 14.9 Å². The molecule has 1 fully saturated rings. The van der Waals surface area contributed by atoms with E-state index in [0.717, 1.165) is 12.1 Å². The molecule has 0 unspecified atom stereocenters. The average Bonchev–Trinajstić information content (AvgIpc) is 3.33. The molecular weight excluding hydrogens is 269 g/mol. The molecule has 1 aliphatic rings. The van der Waals surface area contributed by atoms with E-state index in [9.17, 15) is 4.39 Å². The molecule has 5 heteroatoms. The smallest absolute Gasteiger partial charge is 0.228 e. The van der Waals surface area contributed by atoms with Crippen molar-refractivity contribution >= 4 is 5.95 Å². The molecule has 1 aliphatic carbocycles. The number of halogens is 1. The molecule has 4 nitrogen and oxygen atoms in total. The van der Waals surface area contributed by atoms with Crippen LogP contribution in [0.3, 0.4) is 0 Å². The highest BCUT2D eigenvalue weighted by atomic mass is 19.1. The summed E-state index contributed by atoms with van der Waals surface area (Å²) in [6.45, 7) is 1.59. The molecule has 0 radical (unpaired) electrons. The Morgan fingerprint density at radius 1 is 1.24 bits per heavy atom. The molecule has 0 saturated heterocycles. The summed E-state index contributed by atoms with van der Waals surface area (Å²) in [4.78, 5) is 10.9. The molecule has 1 aromatic carbocycles. The monoisotopic (exact) mass is 287 g/mol. The first-order chi connectivity index (χ1) is 10.2. The summed E-state index contributed by atoms with van der Waals surface area (Å²) in [6, 6.07) is 8.30. The van der Waals surface area contributed by atoms with Crippen LogP contribution in [0.15, 0.2) is 36.5 Å². The van der Waals surface area contributed by atoms with Gasteiger partial charge in [-0.2, -0.15) is 4.98 Å². The number of benzene rings is 1. The molecule has 3 rings (SSSR count). The lowest BCUT2D eigenvalue weighted by Crippen LogP contribution is -2.27. The van der Waals surface area contributed by atoms with Gasteiger partial charge in [0.25, 0.3) is 0 Å². The van der Waals surface area contributed by atoms with Gasteiger partial charge in [0.05, 0.1) is 7.11 Å². The lowest BCUT2D eigenvalue weighted by atomic mass is 10.2. The third kappa shape index (κ3) is 3.68. The zero-order valence-electron chi connectivity index (χ0n) is 12.0. The van der Waals surface area contributed by atoms with Crippen LogP contribution in [0.1, 0.15) is 18.4 Å². The molecule has 1 heterocycles. The third-order valence-electron chi connectivity index (χ3n) is 3.57. The predicted molar refractivity (Wildman–Crippen MR) is 78.8 cm³/mol. The summed E-state index contributed by atoms with van der Waals surface area (Å²) in [5, 5.41) is 0. The van der Waals surface area contributed by atoms with Gasteiger partial charge in [0.1, 0.15) is 5.82 Å². The Labute approximate surface area is 123 Å². The molecule has 1 aromatic heterocycles. The first-order valence-corrected chi connectivity index (χ1v) is 7.11. The van der Waals surface area contributed by atoms with Gasteiger partial charge < -0.3 is 9.64 Å². The average molecular weight is 287 g/mol. The van der Waals surface area contributed by atoms with E-state index in [1.54, 1.807) is 31.5 Å². The van der Waals surface area contributed by atoms with Gasteiger partial charge in [0, 0.05) is 25.4 Å². The number of ether oxygens (including phenoxy) is 1. The Balaban J connectivity index is 1.80. The van der Waals surface area contributed by atoms with E-state index in [4.69, 9.17) is 4.74 Å². The highest BCUT2D eigenvalue weighted by Crippen LogP contribution is 2.31. The fourth-order valence-corrected chi connectivity index (χ4v) is 2.24. The van der Waals surface area contributed by atoms with Crippen LogP contribution in [0, 0.1) is 11.7 Å². The van der Waals surface area contributed by atoms with Crippen LogP contribution in [-0.4, -0.2) is 23.6 Å². The van der Waals surface area contributed by atoms with Crippen molar-refractivity contribution in [2.24, 2.45) is 5.92 Å². The van der Waals surface area contributed by atoms with E-state index in [1.807, 2.05) is 0 Å². The first-order valence-electron chi connectivity index (χ1n) is 7.11. The van der Waals surface area contributed by atoms with Crippen molar-refractivity contribution in [3.05, 3.63) is 47.9 Å². The summed E-state index contributed by atoms with van der Waals surface area (Å²) in [7, 11) is 1.59. The molecule has 21 heavy (non-hydrogen) atoms. The number of anilines is 1. The number of aromatic nitrogens is 2. The highest BCUT2D eigenvalue weighted by molar-refractivity contribution is 5.34. The molecule has 0 bridgehead atoms. The Morgan fingerprint density at radius 2 is 2.00 bits per heavy atom. The summed E-state index contributed by atoms with van der Waals surface area (Å²) in [5.74, 6) is 1.70. The minimum absolute atomic E-state index is 0.217. The summed E-state index contributed by atoms with van der Waals surface area (Å²) in [6.07, 6.45) is 4.21. The highest BCUT2D eigenvalue weighted by Gasteiger charge is 2.25. The number of rotatable bonds is 6. The molecule has 110 valence electrons. The van der Waals surface area contributed by atoms with Crippen LogP contribution in [0.25, 0.3) is 0 Å². The maximum Gasteiger partial charge on any atom is 0.228 e. The van der Waals surface area contributed by atoms with Crippen LogP contribution in [0.4, 0.5) is 10.3 Å².